The van der Waals surface area contributed by atoms with Crippen LogP contribution in [0.4, 0.5) is 17.1 Å². The highest BCUT2D eigenvalue weighted by molar-refractivity contribution is 6.37. The Kier molecular flexibility index (Phi) is 6.31. The van der Waals surface area contributed by atoms with Gasteiger partial charge in [-0.2, -0.15) is 0 Å². The molecule has 1 fully saturated rings. The van der Waals surface area contributed by atoms with Crippen molar-refractivity contribution in [3.63, 3.8) is 0 Å². The van der Waals surface area contributed by atoms with Crippen LogP contribution in [-0.4, -0.2) is 28.8 Å². The first kappa shape index (κ1) is 22.8. The van der Waals surface area contributed by atoms with E-state index in [2.05, 4.69) is 27.7 Å². The Bertz CT molecular complexity index is 1290. The number of non-ortho nitro benzene ring substituents is 1. The molecule has 2 heterocycles. The number of benzene rings is 3. The molecule has 2 aliphatic rings. The summed E-state index contributed by atoms with van der Waals surface area (Å²) in [6.07, 6.45) is 2.50. The maximum Gasteiger partial charge on any atom is 0.270 e. The lowest BCUT2D eigenvalue weighted by Gasteiger charge is -2.17. The van der Waals surface area contributed by atoms with E-state index in [9.17, 15) is 14.9 Å². The summed E-state index contributed by atoms with van der Waals surface area (Å²) in [5, 5.41) is 17.7. The maximum absolute atomic E-state index is 13.1. The van der Waals surface area contributed by atoms with E-state index in [1.54, 1.807) is 6.07 Å². The molecular weight excluding hydrogens is 442 g/mol. The average molecular weight is 470 g/mol. The third kappa shape index (κ3) is 4.80. The van der Waals surface area contributed by atoms with E-state index in [-0.39, 0.29) is 11.6 Å². The average Bonchev–Trinajstić information content (AvgIpc) is 3.50. The molecule has 0 saturated carbocycles. The molecule has 8 nitrogen and oxygen atoms in total. The van der Waals surface area contributed by atoms with E-state index < -0.39 is 4.92 Å². The van der Waals surface area contributed by atoms with E-state index in [1.807, 2.05) is 36.4 Å². The predicted octanol–water partition coefficient (Wildman–Crippen LogP) is 4.58. The second kappa shape index (κ2) is 9.69. The SMILES string of the molecule is NCc1ccc(C(Nc2ccc(CN3CCCC3)cc2)=C2C(=O)Nc3ccc([N+](=O)[O-])cc32)cc1. The molecule has 8 heteroatoms. The van der Waals surface area contributed by atoms with Crippen molar-refractivity contribution in [3.05, 3.63) is 99.1 Å². The van der Waals surface area contributed by atoms with Crippen molar-refractivity contribution in [2.45, 2.75) is 25.9 Å². The van der Waals surface area contributed by atoms with Crippen LogP contribution in [0, 0.1) is 10.1 Å². The van der Waals surface area contributed by atoms with Gasteiger partial charge < -0.3 is 16.4 Å². The van der Waals surface area contributed by atoms with E-state index in [0.717, 1.165) is 36.4 Å². The lowest BCUT2D eigenvalue weighted by molar-refractivity contribution is -0.384. The first-order valence-corrected chi connectivity index (χ1v) is 11.7. The number of nitrogens with two attached hydrogens (primary N) is 1. The van der Waals surface area contributed by atoms with E-state index in [1.165, 1.54) is 30.5 Å². The van der Waals surface area contributed by atoms with Crippen LogP contribution in [0.25, 0.3) is 11.3 Å². The number of nitro benzene ring substituents is 1. The number of hydrogen-bond acceptors (Lipinski definition) is 6. The van der Waals surface area contributed by atoms with Gasteiger partial charge in [-0.1, -0.05) is 36.4 Å². The Labute approximate surface area is 203 Å². The van der Waals surface area contributed by atoms with Crippen LogP contribution in [-0.2, 0) is 17.9 Å². The summed E-state index contributed by atoms with van der Waals surface area (Å²) in [6, 6.07) is 20.2. The Hall–Kier alpha value is -4.01. The largest absolute Gasteiger partial charge is 0.354 e. The zero-order chi connectivity index (χ0) is 24.4. The van der Waals surface area contributed by atoms with E-state index >= 15 is 0 Å². The Morgan fingerprint density at radius 3 is 2.34 bits per heavy atom. The number of fused-ring (bicyclic) bond motifs is 1. The molecule has 0 aliphatic carbocycles. The molecule has 1 saturated heterocycles. The number of nitrogens with one attached hydrogen (secondary N) is 2. The van der Waals surface area contributed by atoms with E-state index in [0.29, 0.717) is 29.1 Å². The van der Waals surface area contributed by atoms with Gasteiger partial charge in [0, 0.05) is 42.2 Å². The summed E-state index contributed by atoms with van der Waals surface area (Å²) >= 11 is 0. The molecule has 35 heavy (non-hydrogen) atoms. The van der Waals surface area contributed by atoms with Crippen molar-refractivity contribution < 1.29 is 9.72 Å². The number of rotatable bonds is 7. The van der Waals surface area contributed by atoms with Gasteiger partial charge in [0.2, 0.25) is 0 Å². The van der Waals surface area contributed by atoms with Gasteiger partial charge in [-0.15, -0.1) is 0 Å². The lowest BCUT2D eigenvalue weighted by Crippen LogP contribution is -2.18. The van der Waals surface area contributed by atoms with Gasteiger partial charge in [0.05, 0.1) is 16.2 Å². The first-order valence-electron chi connectivity index (χ1n) is 11.7. The summed E-state index contributed by atoms with van der Waals surface area (Å²) < 4.78 is 0. The maximum atomic E-state index is 13.1. The number of anilines is 2. The van der Waals surface area contributed by atoms with Gasteiger partial charge in [-0.3, -0.25) is 19.8 Å². The fraction of sp³-hybridized carbons (Fsp3) is 0.222. The molecule has 3 aromatic carbocycles. The highest BCUT2D eigenvalue weighted by Crippen LogP contribution is 2.39. The minimum atomic E-state index is -0.455. The third-order valence-electron chi connectivity index (χ3n) is 6.52. The molecule has 0 unspecified atom stereocenters. The number of amides is 1. The van der Waals surface area contributed by atoms with Crippen molar-refractivity contribution in [2.24, 2.45) is 5.73 Å². The molecule has 3 aromatic rings. The molecule has 1 amide bonds. The van der Waals surface area contributed by atoms with Crippen LogP contribution in [0.5, 0.6) is 0 Å². The first-order chi connectivity index (χ1) is 17.0. The zero-order valence-electron chi connectivity index (χ0n) is 19.3. The molecule has 0 radical (unpaired) electrons. The number of likely N-dealkylation sites (tertiary alicyclic amines) is 1. The van der Waals surface area contributed by atoms with Crippen molar-refractivity contribution in [1.29, 1.82) is 0 Å². The van der Waals surface area contributed by atoms with E-state index in [4.69, 9.17) is 5.73 Å². The summed E-state index contributed by atoms with van der Waals surface area (Å²) in [4.78, 5) is 26.5. The highest BCUT2D eigenvalue weighted by Gasteiger charge is 2.30. The molecular formula is C27H27N5O3. The van der Waals surface area contributed by atoms with Crippen molar-refractivity contribution in [2.75, 3.05) is 23.7 Å². The summed E-state index contributed by atoms with van der Waals surface area (Å²) in [5.41, 5.74) is 11.5. The minimum Gasteiger partial charge on any atom is -0.354 e. The Balaban J connectivity index is 1.54. The van der Waals surface area contributed by atoms with Crippen molar-refractivity contribution in [3.8, 4) is 0 Å². The van der Waals surface area contributed by atoms with Crippen LogP contribution < -0.4 is 16.4 Å². The highest BCUT2D eigenvalue weighted by atomic mass is 16.6. The molecule has 5 rings (SSSR count). The van der Waals surface area contributed by atoms with Crippen LogP contribution in [0.15, 0.2) is 66.7 Å². The van der Waals surface area contributed by atoms with Gasteiger partial charge in [0.25, 0.3) is 11.6 Å². The second-order valence-corrected chi connectivity index (χ2v) is 8.90. The molecule has 0 spiro atoms. The fourth-order valence-electron chi connectivity index (χ4n) is 4.64. The van der Waals surface area contributed by atoms with Gasteiger partial charge >= 0.3 is 0 Å². The summed E-state index contributed by atoms with van der Waals surface area (Å²) in [6.45, 7) is 3.60. The molecule has 178 valence electrons. The normalized spacial score (nSPS) is 16.7. The molecule has 0 aromatic heterocycles. The van der Waals surface area contributed by atoms with Crippen LogP contribution in [0.1, 0.15) is 35.1 Å². The predicted molar refractivity (Wildman–Crippen MR) is 137 cm³/mol. The lowest BCUT2D eigenvalue weighted by atomic mass is 9.98. The number of carbonyl (C=O) groups excluding carboxylic acids is 1. The number of nitrogens with zero attached hydrogens (tertiary/aromatic N) is 2. The molecule has 0 atom stereocenters. The molecule has 4 N–H and O–H groups in total. The second-order valence-electron chi connectivity index (χ2n) is 8.90. The van der Waals surface area contributed by atoms with Gasteiger partial charge in [0.1, 0.15) is 0 Å². The molecule has 2 aliphatic heterocycles. The van der Waals surface area contributed by atoms with Crippen LogP contribution >= 0.6 is 0 Å². The van der Waals surface area contributed by atoms with Crippen molar-refractivity contribution in [1.82, 2.24) is 4.90 Å². The summed E-state index contributed by atoms with van der Waals surface area (Å²) in [7, 11) is 0. The zero-order valence-corrected chi connectivity index (χ0v) is 19.3. The Morgan fingerprint density at radius 2 is 1.69 bits per heavy atom. The summed E-state index contributed by atoms with van der Waals surface area (Å²) in [5.74, 6) is -0.309. The number of nitro groups is 1. The standard InChI is InChI=1S/C27H27N5O3/c28-16-18-3-7-20(8-4-18)26(25-23-15-22(32(34)35)11-12-24(23)30-27(25)33)29-21-9-5-19(6-10-21)17-31-13-1-2-14-31/h3-12,15,29H,1-2,13-14,16-17,28H2,(H,30,33). The van der Waals surface area contributed by atoms with Gasteiger partial charge in [-0.05, 0) is 60.8 Å². The fourth-order valence-corrected chi connectivity index (χ4v) is 4.64. The Morgan fingerprint density at radius 1 is 1.00 bits per heavy atom. The van der Waals surface area contributed by atoms with Crippen LogP contribution in [0.3, 0.4) is 0 Å². The number of hydrogen-bond donors (Lipinski definition) is 3. The number of carbonyl (C=O) groups is 1. The smallest absolute Gasteiger partial charge is 0.270 e. The third-order valence-corrected chi connectivity index (χ3v) is 6.52. The topological polar surface area (TPSA) is 114 Å². The quantitative estimate of drug-likeness (QED) is 0.265. The van der Waals surface area contributed by atoms with Crippen molar-refractivity contribution >= 4 is 34.2 Å². The monoisotopic (exact) mass is 469 g/mol. The van der Waals surface area contributed by atoms with Gasteiger partial charge in [0.15, 0.2) is 0 Å². The van der Waals surface area contributed by atoms with Gasteiger partial charge in [-0.25, -0.2) is 0 Å². The van der Waals surface area contributed by atoms with Crippen LogP contribution in [0.2, 0.25) is 0 Å². The molecule has 0 bridgehead atoms. The minimum absolute atomic E-state index is 0.0677.